The Bertz CT molecular complexity index is 843. The second-order valence-corrected chi connectivity index (χ2v) is 7.86. The third-order valence-corrected chi connectivity index (χ3v) is 5.99. The minimum Gasteiger partial charge on any atom is -0.349 e. The lowest BCUT2D eigenvalue weighted by Crippen LogP contribution is -2.50. The molecule has 2 amide bonds. The van der Waals surface area contributed by atoms with Crippen molar-refractivity contribution in [3.8, 4) is 0 Å². The van der Waals surface area contributed by atoms with E-state index in [-0.39, 0.29) is 11.8 Å². The van der Waals surface area contributed by atoms with Crippen molar-refractivity contribution in [3.05, 3.63) is 29.7 Å². The van der Waals surface area contributed by atoms with Crippen LogP contribution in [0.15, 0.2) is 18.3 Å². The number of likely N-dealkylation sites (tertiary alicyclic amines) is 1. The van der Waals surface area contributed by atoms with Crippen LogP contribution in [0.25, 0.3) is 10.9 Å². The highest BCUT2D eigenvalue weighted by Gasteiger charge is 2.45. The van der Waals surface area contributed by atoms with E-state index in [2.05, 4.69) is 15.3 Å². The minimum absolute atomic E-state index is 0.0463. The van der Waals surface area contributed by atoms with Gasteiger partial charge in [0, 0.05) is 24.2 Å². The summed E-state index contributed by atoms with van der Waals surface area (Å²) < 4.78 is 0. The summed E-state index contributed by atoms with van der Waals surface area (Å²) in [6.45, 7) is 5.50. The Morgan fingerprint density at radius 3 is 2.65 bits per heavy atom. The number of aryl methyl sites for hydroxylation is 1. The highest BCUT2D eigenvalue weighted by Crippen LogP contribution is 2.53. The summed E-state index contributed by atoms with van der Waals surface area (Å²) in [4.78, 5) is 34.7. The van der Waals surface area contributed by atoms with Crippen molar-refractivity contribution in [3.63, 3.8) is 0 Å². The number of carbonyl (C=O) groups is 2. The SMILES string of the molecule is CC[C@@H](NC(=O)c1cc2cc(C)ncc2[nH]1)C(=O)N1CCC2(CC1)CC2. The van der Waals surface area contributed by atoms with Gasteiger partial charge in [0.15, 0.2) is 0 Å². The standard InChI is InChI=1S/C20H26N4O2/c1-3-15(19(26)24-8-6-20(4-5-20)7-9-24)23-18(25)16-11-14-10-13(2)21-12-17(14)22-16/h10-12,15,22H,3-9H2,1-2H3,(H,23,25)/t15-/m1/s1. The van der Waals surface area contributed by atoms with Crippen molar-refractivity contribution in [1.29, 1.82) is 0 Å². The van der Waals surface area contributed by atoms with Crippen molar-refractivity contribution in [2.24, 2.45) is 5.41 Å². The molecule has 0 radical (unpaired) electrons. The topological polar surface area (TPSA) is 78.1 Å². The molecule has 2 aliphatic rings. The molecule has 1 aliphatic carbocycles. The van der Waals surface area contributed by atoms with E-state index in [4.69, 9.17) is 0 Å². The average Bonchev–Trinajstić information content (AvgIpc) is 3.25. The molecule has 2 N–H and O–H groups in total. The zero-order chi connectivity index (χ0) is 18.3. The Labute approximate surface area is 153 Å². The first-order valence-electron chi connectivity index (χ1n) is 9.55. The summed E-state index contributed by atoms with van der Waals surface area (Å²) in [6.07, 6.45) is 7.17. The van der Waals surface area contributed by atoms with E-state index in [1.165, 1.54) is 12.8 Å². The second-order valence-electron chi connectivity index (χ2n) is 7.86. The van der Waals surface area contributed by atoms with Gasteiger partial charge in [-0.05, 0) is 56.6 Å². The van der Waals surface area contributed by atoms with Crippen molar-refractivity contribution in [2.75, 3.05) is 13.1 Å². The number of aromatic nitrogens is 2. The molecule has 1 atom stereocenters. The lowest BCUT2D eigenvalue weighted by atomic mass is 9.93. The zero-order valence-electron chi connectivity index (χ0n) is 15.5. The van der Waals surface area contributed by atoms with Gasteiger partial charge in [0.2, 0.25) is 5.91 Å². The summed E-state index contributed by atoms with van der Waals surface area (Å²) in [7, 11) is 0. The van der Waals surface area contributed by atoms with Gasteiger partial charge >= 0.3 is 0 Å². The monoisotopic (exact) mass is 354 g/mol. The number of H-pyrrole nitrogens is 1. The number of amides is 2. The molecule has 2 fully saturated rings. The molecule has 6 nitrogen and oxygen atoms in total. The number of rotatable bonds is 4. The van der Waals surface area contributed by atoms with Crippen LogP contribution in [0.4, 0.5) is 0 Å². The van der Waals surface area contributed by atoms with Crippen LogP contribution in [0, 0.1) is 12.3 Å². The van der Waals surface area contributed by atoms with Gasteiger partial charge in [-0.1, -0.05) is 6.92 Å². The normalized spacial score (nSPS) is 19.5. The molecule has 1 saturated heterocycles. The number of hydrogen-bond donors (Lipinski definition) is 2. The van der Waals surface area contributed by atoms with Crippen LogP contribution < -0.4 is 5.32 Å². The molecule has 2 aromatic rings. The third kappa shape index (κ3) is 3.20. The quantitative estimate of drug-likeness (QED) is 0.886. The number of carbonyl (C=O) groups excluding carboxylic acids is 2. The Hall–Kier alpha value is -2.37. The fourth-order valence-electron chi connectivity index (χ4n) is 3.94. The van der Waals surface area contributed by atoms with E-state index in [1.54, 1.807) is 6.20 Å². The number of nitrogens with zero attached hydrogens (tertiary/aromatic N) is 2. The number of nitrogens with one attached hydrogen (secondary N) is 2. The van der Waals surface area contributed by atoms with E-state index in [1.807, 2.05) is 30.9 Å². The molecule has 138 valence electrons. The lowest BCUT2D eigenvalue weighted by molar-refractivity contribution is -0.134. The van der Waals surface area contributed by atoms with Crippen LogP contribution >= 0.6 is 0 Å². The smallest absolute Gasteiger partial charge is 0.268 e. The summed E-state index contributed by atoms with van der Waals surface area (Å²) in [5, 5.41) is 3.86. The Morgan fingerprint density at radius 2 is 2.00 bits per heavy atom. The first-order chi connectivity index (χ1) is 12.5. The van der Waals surface area contributed by atoms with Crippen molar-refractivity contribution < 1.29 is 9.59 Å². The van der Waals surface area contributed by atoms with Gasteiger partial charge in [-0.2, -0.15) is 0 Å². The maximum atomic E-state index is 12.8. The molecule has 1 saturated carbocycles. The lowest BCUT2D eigenvalue weighted by Gasteiger charge is -2.34. The Balaban J connectivity index is 1.43. The maximum absolute atomic E-state index is 12.8. The highest BCUT2D eigenvalue weighted by molar-refractivity contribution is 6.00. The minimum atomic E-state index is -0.470. The van der Waals surface area contributed by atoms with E-state index in [0.717, 1.165) is 42.5 Å². The van der Waals surface area contributed by atoms with Gasteiger partial charge in [0.05, 0.1) is 11.7 Å². The van der Waals surface area contributed by atoms with Gasteiger partial charge in [-0.3, -0.25) is 14.6 Å². The fraction of sp³-hybridized carbons (Fsp3) is 0.550. The highest BCUT2D eigenvalue weighted by atomic mass is 16.2. The van der Waals surface area contributed by atoms with Gasteiger partial charge in [0.25, 0.3) is 5.91 Å². The third-order valence-electron chi connectivity index (χ3n) is 5.99. The molecule has 3 heterocycles. The largest absolute Gasteiger partial charge is 0.349 e. The average molecular weight is 354 g/mol. The predicted molar refractivity (Wildman–Crippen MR) is 99.9 cm³/mol. The molecule has 1 spiro atoms. The first kappa shape index (κ1) is 17.1. The molecular formula is C20H26N4O2. The summed E-state index contributed by atoms with van der Waals surface area (Å²) in [5.41, 5.74) is 2.74. The molecule has 1 aliphatic heterocycles. The van der Waals surface area contributed by atoms with E-state index < -0.39 is 6.04 Å². The van der Waals surface area contributed by atoms with Crippen LogP contribution in [-0.4, -0.2) is 45.8 Å². The predicted octanol–water partition coefficient (Wildman–Crippen LogP) is 2.78. The van der Waals surface area contributed by atoms with E-state index in [9.17, 15) is 9.59 Å². The Morgan fingerprint density at radius 1 is 1.27 bits per heavy atom. The van der Waals surface area contributed by atoms with Gasteiger partial charge in [-0.15, -0.1) is 0 Å². The zero-order valence-corrected chi connectivity index (χ0v) is 15.5. The molecule has 26 heavy (non-hydrogen) atoms. The van der Waals surface area contributed by atoms with Crippen LogP contribution in [0.1, 0.15) is 55.2 Å². The fourth-order valence-corrected chi connectivity index (χ4v) is 3.94. The number of piperidine rings is 1. The van der Waals surface area contributed by atoms with Crippen LogP contribution in [0.5, 0.6) is 0 Å². The first-order valence-corrected chi connectivity index (χ1v) is 9.55. The molecule has 6 heteroatoms. The van der Waals surface area contributed by atoms with Crippen LogP contribution in [-0.2, 0) is 4.79 Å². The number of pyridine rings is 1. The van der Waals surface area contributed by atoms with E-state index in [0.29, 0.717) is 17.5 Å². The van der Waals surface area contributed by atoms with Gasteiger partial charge < -0.3 is 15.2 Å². The molecule has 0 bridgehead atoms. The van der Waals surface area contributed by atoms with E-state index >= 15 is 0 Å². The van der Waals surface area contributed by atoms with Crippen molar-refractivity contribution >= 4 is 22.7 Å². The van der Waals surface area contributed by atoms with Gasteiger partial charge in [0.1, 0.15) is 11.7 Å². The molecule has 0 aromatic carbocycles. The molecule has 0 unspecified atom stereocenters. The number of aromatic amines is 1. The summed E-state index contributed by atoms with van der Waals surface area (Å²) in [6, 6.07) is 3.28. The van der Waals surface area contributed by atoms with Crippen LogP contribution in [0.2, 0.25) is 0 Å². The molecule has 4 rings (SSSR count). The van der Waals surface area contributed by atoms with Crippen molar-refractivity contribution in [1.82, 2.24) is 20.2 Å². The second kappa shape index (κ2) is 6.41. The van der Waals surface area contributed by atoms with Gasteiger partial charge in [-0.25, -0.2) is 0 Å². The molecule has 2 aromatic heterocycles. The Kier molecular flexibility index (Phi) is 4.21. The number of hydrogen-bond acceptors (Lipinski definition) is 3. The summed E-state index contributed by atoms with van der Waals surface area (Å²) in [5.74, 6) is -0.195. The molecular weight excluding hydrogens is 328 g/mol. The van der Waals surface area contributed by atoms with Crippen molar-refractivity contribution in [2.45, 2.75) is 52.0 Å². The maximum Gasteiger partial charge on any atom is 0.268 e. The number of fused-ring (bicyclic) bond motifs is 1. The van der Waals surface area contributed by atoms with Crippen LogP contribution in [0.3, 0.4) is 0 Å². The summed E-state index contributed by atoms with van der Waals surface area (Å²) >= 11 is 0.